The molecule has 1 fully saturated rings. The number of carbonyl (C=O) groups excluding carboxylic acids is 1. The molecule has 0 aromatic rings. The summed E-state index contributed by atoms with van der Waals surface area (Å²) in [4.78, 5) is 14.0. The van der Waals surface area contributed by atoms with Crippen LogP contribution in [-0.2, 0) is 9.53 Å². The van der Waals surface area contributed by atoms with Crippen LogP contribution in [0.2, 0.25) is 0 Å². The molecule has 1 atom stereocenters. The summed E-state index contributed by atoms with van der Waals surface area (Å²) in [6.45, 7) is 5.63. The molecular weight excluding hydrogens is 283 g/mol. The third kappa shape index (κ3) is 6.68. The first-order valence-electron chi connectivity index (χ1n) is 7.74. The summed E-state index contributed by atoms with van der Waals surface area (Å²) in [7, 11) is 0. The molecule has 0 aliphatic carbocycles. The fourth-order valence-corrected chi connectivity index (χ4v) is 2.98. The maximum absolute atomic E-state index is 12.4. The highest BCUT2D eigenvalue weighted by Crippen LogP contribution is 2.32. The summed E-state index contributed by atoms with van der Waals surface area (Å²) in [5.41, 5.74) is -0.530. The van der Waals surface area contributed by atoms with E-state index in [1.165, 1.54) is 0 Å². The highest BCUT2D eigenvalue weighted by Gasteiger charge is 2.36. The zero-order chi connectivity index (χ0) is 15.9. The molecule has 21 heavy (non-hydrogen) atoms. The van der Waals surface area contributed by atoms with Crippen molar-refractivity contribution in [1.29, 1.82) is 0 Å². The second kappa shape index (κ2) is 8.01. The van der Waals surface area contributed by atoms with Gasteiger partial charge in [0, 0.05) is 12.0 Å². The van der Waals surface area contributed by atoms with Crippen molar-refractivity contribution in [2.24, 2.45) is 0 Å². The monoisotopic (exact) mass is 309 g/mol. The molecule has 1 heterocycles. The van der Waals surface area contributed by atoms with Gasteiger partial charge in [0.25, 0.3) is 0 Å². The standard InChI is InChI=1S/C15H26F3NO2/c1-3-21-13(20)12-14(2,8-7-9-15(16,17)18)19-10-5-4-6-11-19/h3-12H2,1-2H3. The van der Waals surface area contributed by atoms with Gasteiger partial charge in [-0.3, -0.25) is 9.69 Å². The lowest BCUT2D eigenvalue weighted by Crippen LogP contribution is -2.50. The van der Waals surface area contributed by atoms with Crippen LogP contribution >= 0.6 is 0 Å². The van der Waals surface area contributed by atoms with Crippen LogP contribution in [0.3, 0.4) is 0 Å². The topological polar surface area (TPSA) is 29.5 Å². The minimum absolute atomic E-state index is 0.0515. The van der Waals surface area contributed by atoms with Crippen LogP contribution in [0, 0.1) is 0 Å². The van der Waals surface area contributed by atoms with E-state index in [1.807, 2.05) is 6.92 Å². The van der Waals surface area contributed by atoms with Gasteiger partial charge in [0.1, 0.15) is 0 Å². The average Bonchev–Trinajstić information content (AvgIpc) is 2.38. The molecule has 0 spiro atoms. The number of hydrogen-bond donors (Lipinski definition) is 0. The van der Waals surface area contributed by atoms with Crippen LogP contribution in [0.15, 0.2) is 0 Å². The number of halogens is 3. The molecule has 1 aliphatic heterocycles. The van der Waals surface area contributed by atoms with Crippen molar-refractivity contribution < 1.29 is 22.7 Å². The molecule has 6 heteroatoms. The second-order valence-electron chi connectivity index (χ2n) is 6.00. The molecule has 0 amide bonds. The van der Waals surface area contributed by atoms with Crippen molar-refractivity contribution in [2.45, 2.75) is 70.5 Å². The Morgan fingerprint density at radius 1 is 1.14 bits per heavy atom. The Morgan fingerprint density at radius 3 is 2.29 bits per heavy atom. The molecule has 1 saturated heterocycles. The minimum Gasteiger partial charge on any atom is -0.466 e. The summed E-state index contributed by atoms with van der Waals surface area (Å²) in [6, 6.07) is 0. The number of piperidine rings is 1. The van der Waals surface area contributed by atoms with Gasteiger partial charge in [-0.05, 0) is 52.6 Å². The largest absolute Gasteiger partial charge is 0.466 e. The number of likely N-dealkylation sites (tertiary alicyclic amines) is 1. The summed E-state index contributed by atoms with van der Waals surface area (Å²) in [5, 5.41) is 0. The SMILES string of the molecule is CCOC(=O)CC(C)(CCCC(F)(F)F)N1CCCCC1. The smallest absolute Gasteiger partial charge is 0.389 e. The number of nitrogens with zero attached hydrogens (tertiary/aromatic N) is 1. The van der Waals surface area contributed by atoms with Gasteiger partial charge in [-0.2, -0.15) is 13.2 Å². The first-order valence-corrected chi connectivity index (χ1v) is 7.74. The minimum atomic E-state index is -4.13. The highest BCUT2D eigenvalue weighted by atomic mass is 19.4. The Bertz CT molecular complexity index is 327. The fourth-order valence-electron chi connectivity index (χ4n) is 2.98. The van der Waals surface area contributed by atoms with Crippen LogP contribution in [0.25, 0.3) is 0 Å². The van der Waals surface area contributed by atoms with Crippen molar-refractivity contribution in [3.63, 3.8) is 0 Å². The maximum atomic E-state index is 12.4. The Kier molecular flexibility index (Phi) is 6.97. The Balaban J connectivity index is 2.65. The lowest BCUT2D eigenvalue weighted by molar-refractivity contribution is -0.147. The quantitative estimate of drug-likeness (QED) is 0.668. The zero-order valence-corrected chi connectivity index (χ0v) is 13.0. The van der Waals surface area contributed by atoms with E-state index < -0.39 is 18.1 Å². The van der Waals surface area contributed by atoms with Gasteiger partial charge >= 0.3 is 12.1 Å². The van der Waals surface area contributed by atoms with E-state index in [4.69, 9.17) is 4.74 Å². The van der Waals surface area contributed by atoms with Crippen molar-refractivity contribution >= 4 is 5.97 Å². The molecule has 0 N–H and O–H groups in total. The van der Waals surface area contributed by atoms with E-state index in [1.54, 1.807) is 6.92 Å². The number of hydrogen-bond acceptors (Lipinski definition) is 3. The van der Waals surface area contributed by atoms with Crippen molar-refractivity contribution in [3.8, 4) is 0 Å². The third-order valence-electron chi connectivity index (χ3n) is 4.13. The van der Waals surface area contributed by atoms with Crippen LogP contribution < -0.4 is 0 Å². The molecule has 0 saturated carbocycles. The van der Waals surface area contributed by atoms with Gasteiger partial charge in [0.15, 0.2) is 0 Å². The maximum Gasteiger partial charge on any atom is 0.389 e. The fraction of sp³-hybridized carbons (Fsp3) is 0.933. The van der Waals surface area contributed by atoms with E-state index in [0.29, 0.717) is 13.0 Å². The lowest BCUT2D eigenvalue weighted by atomic mass is 9.87. The van der Waals surface area contributed by atoms with Crippen LogP contribution in [-0.4, -0.2) is 42.3 Å². The van der Waals surface area contributed by atoms with Gasteiger partial charge < -0.3 is 4.74 Å². The molecule has 3 nitrogen and oxygen atoms in total. The van der Waals surface area contributed by atoms with Gasteiger partial charge in [0.05, 0.1) is 13.0 Å². The lowest BCUT2D eigenvalue weighted by Gasteiger charge is -2.43. The molecule has 1 aliphatic rings. The molecule has 1 rings (SSSR count). The summed E-state index contributed by atoms with van der Waals surface area (Å²) < 4.78 is 42.0. The van der Waals surface area contributed by atoms with Crippen LogP contribution in [0.1, 0.15) is 58.8 Å². The van der Waals surface area contributed by atoms with Crippen LogP contribution in [0.4, 0.5) is 13.2 Å². The normalized spacial score (nSPS) is 20.0. The number of ether oxygens (including phenoxy) is 1. The number of rotatable bonds is 7. The molecule has 0 bridgehead atoms. The number of carbonyl (C=O) groups is 1. The molecular formula is C15H26F3NO2. The second-order valence-corrected chi connectivity index (χ2v) is 6.00. The van der Waals surface area contributed by atoms with Crippen molar-refractivity contribution in [3.05, 3.63) is 0 Å². The predicted molar refractivity (Wildman–Crippen MR) is 75.0 cm³/mol. The first kappa shape index (κ1) is 18.3. The first-order chi connectivity index (χ1) is 9.77. The summed E-state index contributed by atoms with van der Waals surface area (Å²) in [6.07, 6.45) is -1.12. The van der Waals surface area contributed by atoms with Crippen molar-refractivity contribution in [2.75, 3.05) is 19.7 Å². The van der Waals surface area contributed by atoms with E-state index >= 15 is 0 Å². The molecule has 124 valence electrons. The van der Waals surface area contributed by atoms with Gasteiger partial charge in [0.2, 0.25) is 0 Å². The predicted octanol–water partition coefficient (Wildman–Crippen LogP) is 3.92. The summed E-state index contributed by atoms with van der Waals surface area (Å²) in [5.74, 6) is -0.322. The summed E-state index contributed by atoms with van der Waals surface area (Å²) >= 11 is 0. The van der Waals surface area contributed by atoms with Crippen LogP contribution in [0.5, 0.6) is 0 Å². The van der Waals surface area contributed by atoms with Gasteiger partial charge in [-0.1, -0.05) is 6.42 Å². The Morgan fingerprint density at radius 2 is 1.76 bits per heavy atom. The Hall–Kier alpha value is -0.780. The van der Waals surface area contributed by atoms with Crippen molar-refractivity contribution in [1.82, 2.24) is 4.90 Å². The van der Waals surface area contributed by atoms with E-state index in [-0.39, 0.29) is 18.8 Å². The van der Waals surface area contributed by atoms with E-state index in [2.05, 4.69) is 4.90 Å². The van der Waals surface area contributed by atoms with E-state index in [0.717, 1.165) is 32.4 Å². The third-order valence-corrected chi connectivity index (χ3v) is 4.13. The Labute approximate surface area is 124 Å². The van der Waals surface area contributed by atoms with Gasteiger partial charge in [-0.25, -0.2) is 0 Å². The highest BCUT2D eigenvalue weighted by molar-refractivity contribution is 5.70. The molecule has 0 aromatic heterocycles. The number of alkyl halides is 3. The molecule has 0 radical (unpaired) electrons. The average molecular weight is 309 g/mol. The van der Waals surface area contributed by atoms with Gasteiger partial charge in [-0.15, -0.1) is 0 Å². The zero-order valence-electron chi connectivity index (χ0n) is 13.0. The molecule has 0 aromatic carbocycles. The number of esters is 1. The molecule has 1 unspecified atom stereocenters. The van der Waals surface area contributed by atoms with E-state index in [9.17, 15) is 18.0 Å².